The molecule has 1 saturated heterocycles. The molecule has 1 aliphatic heterocycles. The molecule has 1 aromatic carbocycles. The number of benzene rings is 1. The number of para-hydroxylation sites is 1. The SMILES string of the molecule is COc1ccccc1C(c1nc(C)cs1)N1CCNCC1. The van der Waals surface area contributed by atoms with E-state index >= 15 is 0 Å². The van der Waals surface area contributed by atoms with Gasteiger partial charge in [0, 0.05) is 42.8 Å². The first-order valence-electron chi connectivity index (χ1n) is 7.29. The summed E-state index contributed by atoms with van der Waals surface area (Å²) in [6.45, 7) is 6.16. The molecule has 0 aliphatic carbocycles. The standard InChI is InChI=1S/C16H21N3OS/c1-12-11-21-16(18-12)15(19-9-7-17-8-10-19)13-5-3-4-6-14(13)20-2/h3-6,11,15,17H,7-10H2,1-2H3. The Hall–Kier alpha value is -1.43. The molecule has 0 radical (unpaired) electrons. The zero-order chi connectivity index (χ0) is 14.7. The van der Waals surface area contributed by atoms with Gasteiger partial charge < -0.3 is 10.1 Å². The van der Waals surface area contributed by atoms with Gasteiger partial charge in [0.2, 0.25) is 0 Å². The lowest BCUT2D eigenvalue weighted by Crippen LogP contribution is -2.45. The van der Waals surface area contributed by atoms with E-state index in [1.54, 1.807) is 18.4 Å². The van der Waals surface area contributed by atoms with Crippen molar-refractivity contribution in [3.63, 3.8) is 0 Å². The summed E-state index contributed by atoms with van der Waals surface area (Å²) >= 11 is 1.74. The van der Waals surface area contributed by atoms with Crippen LogP contribution in [0.1, 0.15) is 22.3 Å². The predicted octanol–water partition coefficient (Wildman–Crippen LogP) is 2.45. The molecule has 0 amide bonds. The van der Waals surface area contributed by atoms with Gasteiger partial charge in [-0.2, -0.15) is 0 Å². The van der Waals surface area contributed by atoms with Crippen LogP contribution < -0.4 is 10.1 Å². The molecule has 2 aromatic rings. The number of nitrogens with zero attached hydrogens (tertiary/aromatic N) is 2. The lowest BCUT2D eigenvalue weighted by Gasteiger charge is -2.34. The fourth-order valence-corrected chi connectivity index (χ4v) is 3.76. The van der Waals surface area contributed by atoms with Crippen LogP contribution in [-0.2, 0) is 0 Å². The number of rotatable bonds is 4. The second-order valence-electron chi connectivity index (χ2n) is 5.26. The van der Waals surface area contributed by atoms with Gasteiger partial charge in [-0.3, -0.25) is 4.90 Å². The van der Waals surface area contributed by atoms with Crippen LogP contribution in [0.3, 0.4) is 0 Å². The largest absolute Gasteiger partial charge is 0.496 e. The fraction of sp³-hybridized carbons (Fsp3) is 0.438. The van der Waals surface area contributed by atoms with Crippen LogP contribution in [0.4, 0.5) is 0 Å². The summed E-state index contributed by atoms with van der Waals surface area (Å²) in [6, 6.07) is 8.47. The number of methoxy groups -OCH3 is 1. The van der Waals surface area contributed by atoms with Gasteiger partial charge in [-0.25, -0.2) is 4.98 Å². The molecule has 1 N–H and O–H groups in total. The zero-order valence-electron chi connectivity index (χ0n) is 12.5. The van der Waals surface area contributed by atoms with Gasteiger partial charge in [-0.1, -0.05) is 18.2 Å². The summed E-state index contributed by atoms with van der Waals surface area (Å²) in [5.74, 6) is 0.939. The number of aryl methyl sites for hydroxylation is 1. The molecule has 1 aliphatic rings. The van der Waals surface area contributed by atoms with Crippen molar-refractivity contribution in [1.29, 1.82) is 0 Å². The van der Waals surface area contributed by atoms with Crippen LogP contribution in [-0.4, -0.2) is 43.2 Å². The number of piperazine rings is 1. The molecular weight excluding hydrogens is 282 g/mol. The van der Waals surface area contributed by atoms with Crippen molar-refractivity contribution in [3.05, 3.63) is 45.9 Å². The Labute approximate surface area is 129 Å². The topological polar surface area (TPSA) is 37.4 Å². The van der Waals surface area contributed by atoms with Crippen molar-refractivity contribution < 1.29 is 4.74 Å². The molecule has 2 heterocycles. The number of thiazole rings is 1. The number of hydrogen-bond acceptors (Lipinski definition) is 5. The predicted molar refractivity (Wildman–Crippen MR) is 86.1 cm³/mol. The summed E-state index contributed by atoms with van der Waals surface area (Å²) in [7, 11) is 1.74. The molecule has 0 saturated carbocycles. The molecule has 5 heteroatoms. The molecule has 21 heavy (non-hydrogen) atoms. The number of ether oxygens (including phenoxy) is 1. The fourth-order valence-electron chi connectivity index (χ4n) is 2.82. The summed E-state index contributed by atoms with van der Waals surface area (Å²) in [6.07, 6.45) is 0. The molecule has 1 aromatic heterocycles. The second-order valence-corrected chi connectivity index (χ2v) is 6.15. The molecule has 112 valence electrons. The lowest BCUT2D eigenvalue weighted by atomic mass is 10.0. The average Bonchev–Trinajstić information content (AvgIpc) is 2.95. The van der Waals surface area contributed by atoms with Crippen molar-refractivity contribution in [2.24, 2.45) is 0 Å². The molecule has 0 bridgehead atoms. The van der Waals surface area contributed by atoms with E-state index in [1.807, 2.05) is 12.1 Å². The van der Waals surface area contributed by atoms with Crippen LogP contribution >= 0.6 is 11.3 Å². The zero-order valence-corrected chi connectivity index (χ0v) is 13.3. The monoisotopic (exact) mass is 303 g/mol. The van der Waals surface area contributed by atoms with Gasteiger partial charge in [0.1, 0.15) is 10.8 Å². The van der Waals surface area contributed by atoms with E-state index in [0.717, 1.165) is 42.6 Å². The van der Waals surface area contributed by atoms with Crippen molar-refractivity contribution in [1.82, 2.24) is 15.2 Å². The van der Waals surface area contributed by atoms with Crippen LogP contribution in [0.25, 0.3) is 0 Å². The third-order valence-corrected chi connectivity index (χ3v) is 4.84. The van der Waals surface area contributed by atoms with Gasteiger partial charge in [-0.05, 0) is 13.0 Å². The Morgan fingerprint density at radius 1 is 1.29 bits per heavy atom. The normalized spacial score (nSPS) is 17.6. The first-order valence-corrected chi connectivity index (χ1v) is 8.17. The quantitative estimate of drug-likeness (QED) is 0.941. The van der Waals surface area contributed by atoms with Gasteiger partial charge in [-0.15, -0.1) is 11.3 Å². The van der Waals surface area contributed by atoms with Gasteiger partial charge >= 0.3 is 0 Å². The van der Waals surface area contributed by atoms with Crippen molar-refractivity contribution in [3.8, 4) is 5.75 Å². The van der Waals surface area contributed by atoms with E-state index in [9.17, 15) is 0 Å². The highest BCUT2D eigenvalue weighted by atomic mass is 32.1. The minimum Gasteiger partial charge on any atom is -0.496 e. The van der Waals surface area contributed by atoms with E-state index in [-0.39, 0.29) is 6.04 Å². The lowest BCUT2D eigenvalue weighted by molar-refractivity contribution is 0.195. The van der Waals surface area contributed by atoms with Crippen LogP contribution in [0.15, 0.2) is 29.6 Å². The van der Waals surface area contributed by atoms with Gasteiger partial charge in [0.15, 0.2) is 0 Å². The molecule has 4 nitrogen and oxygen atoms in total. The second kappa shape index (κ2) is 6.56. The van der Waals surface area contributed by atoms with Crippen LogP contribution in [0.5, 0.6) is 5.75 Å². The Morgan fingerprint density at radius 3 is 2.71 bits per heavy atom. The summed E-state index contributed by atoms with van der Waals surface area (Å²) in [5.41, 5.74) is 2.29. The van der Waals surface area contributed by atoms with E-state index in [4.69, 9.17) is 9.72 Å². The Morgan fingerprint density at radius 2 is 2.05 bits per heavy atom. The van der Waals surface area contributed by atoms with Crippen molar-refractivity contribution in [2.75, 3.05) is 33.3 Å². The van der Waals surface area contributed by atoms with Crippen molar-refractivity contribution in [2.45, 2.75) is 13.0 Å². The third kappa shape index (κ3) is 3.10. The maximum absolute atomic E-state index is 5.58. The van der Waals surface area contributed by atoms with E-state index in [0.29, 0.717) is 0 Å². The highest BCUT2D eigenvalue weighted by molar-refractivity contribution is 7.09. The minimum atomic E-state index is 0.182. The minimum absolute atomic E-state index is 0.182. The molecule has 1 unspecified atom stereocenters. The highest BCUT2D eigenvalue weighted by Gasteiger charge is 2.28. The summed E-state index contributed by atoms with van der Waals surface area (Å²) < 4.78 is 5.58. The van der Waals surface area contributed by atoms with Gasteiger partial charge in [0.25, 0.3) is 0 Å². The Kier molecular flexibility index (Phi) is 4.53. The Bertz CT molecular complexity index is 593. The number of aromatic nitrogens is 1. The smallest absolute Gasteiger partial charge is 0.124 e. The summed E-state index contributed by atoms with van der Waals surface area (Å²) in [5, 5.41) is 6.69. The maximum atomic E-state index is 5.58. The molecule has 0 spiro atoms. The average molecular weight is 303 g/mol. The molecular formula is C16H21N3OS. The maximum Gasteiger partial charge on any atom is 0.124 e. The Balaban J connectivity index is 2.02. The van der Waals surface area contributed by atoms with E-state index < -0.39 is 0 Å². The van der Waals surface area contributed by atoms with Gasteiger partial charge in [0.05, 0.1) is 13.2 Å². The summed E-state index contributed by atoms with van der Waals surface area (Å²) in [4.78, 5) is 7.23. The van der Waals surface area contributed by atoms with E-state index in [1.165, 1.54) is 5.56 Å². The molecule has 3 rings (SSSR count). The van der Waals surface area contributed by atoms with Crippen LogP contribution in [0.2, 0.25) is 0 Å². The highest BCUT2D eigenvalue weighted by Crippen LogP contribution is 2.36. The van der Waals surface area contributed by atoms with Crippen molar-refractivity contribution >= 4 is 11.3 Å². The first-order chi connectivity index (χ1) is 10.3. The molecule has 1 fully saturated rings. The third-order valence-electron chi connectivity index (χ3n) is 3.82. The van der Waals surface area contributed by atoms with E-state index in [2.05, 4.69) is 34.7 Å². The van der Waals surface area contributed by atoms with Crippen LogP contribution in [0, 0.1) is 6.92 Å². The number of nitrogens with one attached hydrogen (secondary N) is 1. The first kappa shape index (κ1) is 14.5. The molecule has 1 atom stereocenters. The number of hydrogen-bond donors (Lipinski definition) is 1.